The van der Waals surface area contributed by atoms with E-state index in [1.54, 1.807) is 0 Å². The van der Waals surface area contributed by atoms with E-state index in [9.17, 15) is 4.79 Å². The fourth-order valence-electron chi connectivity index (χ4n) is 1.02. The second-order valence-corrected chi connectivity index (χ2v) is 2.44. The summed E-state index contributed by atoms with van der Waals surface area (Å²) in [5.41, 5.74) is 0.782. The monoisotopic (exact) mass is 172 g/mol. The molecule has 2 heterocycles. The molecule has 2 aromatic heterocycles. The fraction of sp³-hybridized carbons (Fsp3) is 0. The van der Waals surface area contributed by atoms with Gasteiger partial charge in [-0.1, -0.05) is 0 Å². The molecule has 0 radical (unpaired) electrons. The van der Waals surface area contributed by atoms with Gasteiger partial charge in [0.2, 0.25) is 0 Å². The van der Waals surface area contributed by atoms with Crippen molar-refractivity contribution in [2.45, 2.75) is 0 Å². The minimum Gasteiger partial charge on any atom is -0.311 e. The summed E-state index contributed by atoms with van der Waals surface area (Å²) >= 11 is 0. The zero-order chi connectivity index (χ0) is 9.26. The molecular formula is C8H4N4O. The molecule has 0 spiro atoms. The maximum Gasteiger partial charge on any atom is 0.277 e. The standard InChI is InChI=1S/C8H4N4O/c9-2-5-1-6-7(10-3-5)8(13)12-4-11-6/h1,3-4H,(H,11,12,13). The Kier molecular flexibility index (Phi) is 1.53. The molecule has 62 valence electrons. The highest BCUT2D eigenvalue weighted by Gasteiger charge is 2.00. The van der Waals surface area contributed by atoms with Gasteiger partial charge >= 0.3 is 0 Å². The van der Waals surface area contributed by atoms with Crippen LogP contribution in [0.25, 0.3) is 11.0 Å². The van der Waals surface area contributed by atoms with Gasteiger partial charge in [0.15, 0.2) is 5.52 Å². The zero-order valence-electron chi connectivity index (χ0n) is 6.48. The first-order valence-electron chi connectivity index (χ1n) is 3.55. The molecule has 1 N–H and O–H groups in total. The second-order valence-electron chi connectivity index (χ2n) is 2.44. The Labute approximate surface area is 72.7 Å². The Bertz CT molecular complexity index is 552. The van der Waals surface area contributed by atoms with Crippen LogP contribution >= 0.6 is 0 Å². The van der Waals surface area contributed by atoms with E-state index in [1.165, 1.54) is 18.6 Å². The number of H-pyrrole nitrogens is 1. The van der Waals surface area contributed by atoms with Crippen LogP contribution in [0.2, 0.25) is 0 Å². The highest BCUT2D eigenvalue weighted by Crippen LogP contribution is 2.04. The smallest absolute Gasteiger partial charge is 0.277 e. The molecule has 0 aromatic carbocycles. The molecule has 13 heavy (non-hydrogen) atoms. The third kappa shape index (κ3) is 1.14. The van der Waals surface area contributed by atoms with Gasteiger partial charge in [0.1, 0.15) is 6.07 Å². The van der Waals surface area contributed by atoms with E-state index in [0.717, 1.165) is 0 Å². The van der Waals surface area contributed by atoms with Gasteiger partial charge in [-0.3, -0.25) is 4.79 Å². The highest BCUT2D eigenvalue weighted by atomic mass is 16.1. The molecular weight excluding hydrogens is 168 g/mol. The zero-order valence-corrected chi connectivity index (χ0v) is 6.48. The number of nitrogens with one attached hydrogen (secondary N) is 1. The van der Waals surface area contributed by atoms with Crippen LogP contribution in [0.5, 0.6) is 0 Å². The summed E-state index contributed by atoms with van der Waals surface area (Å²) in [6, 6.07) is 3.45. The SMILES string of the molecule is N#Cc1cnc2c(=O)[nH]cnc2c1. The molecule has 0 amide bonds. The van der Waals surface area contributed by atoms with Crippen molar-refractivity contribution >= 4 is 11.0 Å². The fourth-order valence-corrected chi connectivity index (χ4v) is 1.02. The average Bonchev–Trinajstić information content (AvgIpc) is 2.18. The average molecular weight is 172 g/mol. The number of pyridine rings is 1. The van der Waals surface area contributed by atoms with Gasteiger partial charge in [0.25, 0.3) is 5.56 Å². The molecule has 0 aliphatic carbocycles. The molecule has 0 fully saturated rings. The lowest BCUT2D eigenvalue weighted by Gasteiger charge is -1.93. The molecule has 0 saturated carbocycles. The van der Waals surface area contributed by atoms with Gasteiger partial charge in [-0.25, -0.2) is 9.97 Å². The summed E-state index contributed by atoms with van der Waals surface area (Å²) in [7, 11) is 0. The van der Waals surface area contributed by atoms with Crippen molar-refractivity contribution in [2.24, 2.45) is 0 Å². The van der Waals surface area contributed by atoms with Crippen molar-refractivity contribution in [3.8, 4) is 6.07 Å². The molecule has 0 unspecified atom stereocenters. The Morgan fingerprint density at radius 3 is 3.08 bits per heavy atom. The minimum atomic E-state index is -0.297. The quantitative estimate of drug-likeness (QED) is 0.614. The Hall–Kier alpha value is -2.22. The van der Waals surface area contributed by atoms with Gasteiger partial charge in [-0.2, -0.15) is 5.26 Å². The molecule has 0 saturated heterocycles. The molecule has 0 atom stereocenters. The predicted molar refractivity (Wildman–Crippen MR) is 44.9 cm³/mol. The summed E-state index contributed by atoms with van der Waals surface area (Å²) in [5, 5.41) is 8.56. The number of fused-ring (bicyclic) bond motifs is 1. The van der Waals surface area contributed by atoms with Gasteiger partial charge in [-0.15, -0.1) is 0 Å². The van der Waals surface area contributed by atoms with E-state index in [1.807, 2.05) is 6.07 Å². The number of rotatable bonds is 0. The largest absolute Gasteiger partial charge is 0.311 e. The second kappa shape index (κ2) is 2.68. The maximum atomic E-state index is 11.1. The number of aromatic amines is 1. The lowest BCUT2D eigenvalue weighted by Crippen LogP contribution is -2.07. The van der Waals surface area contributed by atoms with E-state index >= 15 is 0 Å². The van der Waals surface area contributed by atoms with Crippen molar-refractivity contribution in [3.05, 3.63) is 34.5 Å². The minimum absolute atomic E-state index is 0.251. The van der Waals surface area contributed by atoms with Gasteiger partial charge in [0.05, 0.1) is 17.4 Å². The molecule has 2 aromatic rings. The number of hydrogen-bond acceptors (Lipinski definition) is 4. The van der Waals surface area contributed by atoms with Crippen LogP contribution in [0, 0.1) is 11.3 Å². The van der Waals surface area contributed by atoms with Crippen LogP contribution in [0.3, 0.4) is 0 Å². The number of nitriles is 1. The number of aromatic nitrogens is 3. The van der Waals surface area contributed by atoms with Crippen LogP contribution in [0.4, 0.5) is 0 Å². The lowest BCUT2D eigenvalue weighted by atomic mass is 10.3. The molecule has 2 rings (SSSR count). The van der Waals surface area contributed by atoms with E-state index in [-0.39, 0.29) is 11.1 Å². The summed E-state index contributed by atoms with van der Waals surface area (Å²) in [6.07, 6.45) is 2.63. The Balaban J connectivity index is 2.90. The van der Waals surface area contributed by atoms with Crippen LogP contribution in [-0.4, -0.2) is 15.0 Å². The van der Waals surface area contributed by atoms with E-state index in [4.69, 9.17) is 5.26 Å². The number of nitrogens with zero attached hydrogens (tertiary/aromatic N) is 3. The highest BCUT2D eigenvalue weighted by molar-refractivity contribution is 5.73. The van der Waals surface area contributed by atoms with Gasteiger partial charge in [-0.05, 0) is 6.07 Å². The Morgan fingerprint density at radius 1 is 1.46 bits per heavy atom. The van der Waals surface area contributed by atoms with Crippen molar-refractivity contribution in [1.29, 1.82) is 5.26 Å². The lowest BCUT2D eigenvalue weighted by molar-refractivity contribution is 1.14. The molecule has 0 aliphatic heterocycles. The van der Waals surface area contributed by atoms with E-state index < -0.39 is 0 Å². The van der Waals surface area contributed by atoms with Crippen LogP contribution in [-0.2, 0) is 0 Å². The first kappa shape index (κ1) is 7.43. The van der Waals surface area contributed by atoms with Gasteiger partial charge in [0, 0.05) is 6.20 Å². The van der Waals surface area contributed by atoms with Gasteiger partial charge < -0.3 is 4.98 Å². The molecule has 5 nitrogen and oxygen atoms in total. The first-order chi connectivity index (χ1) is 6.31. The van der Waals surface area contributed by atoms with E-state index in [0.29, 0.717) is 11.1 Å². The Morgan fingerprint density at radius 2 is 2.31 bits per heavy atom. The van der Waals surface area contributed by atoms with Crippen LogP contribution in [0.15, 0.2) is 23.4 Å². The van der Waals surface area contributed by atoms with Crippen molar-refractivity contribution in [1.82, 2.24) is 15.0 Å². The molecule has 5 heteroatoms. The summed E-state index contributed by atoms with van der Waals surface area (Å²) in [6.45, 7) is 0. The normalized spacial score (nSPS) is 9.77. The molecule has 0 aliphatic rings. The third-order valence-corrected chi connectivity index (χ3v) is 1.61. The predicted octanol–water partition coefficient (Wildman–Crippen LogP) is 0.190. The topological polar surface area (TPSA) is 82.4 Å². The maximum absolute atomic E-state index is 11.1. The number of hydrogen-bond donors (Lipinski definition) is 1. The summed E-state index contributed by atoms with van der Waals surface area (Å²) in [5.74, 6) is 0. The summed E-state index contributed by atoms with van der Waals surface area (Å²) in [4.78, 5) is 21.2. The first-order valence-corrected chi connectivity index (χ1v) is 3.55. The van der Waals surface area contributed by atoms with Crippen molar-refractivity contribution in [2.75, 3.05) is 0 Å². The third-order valence-electron chi connectivity index (χ3n) is 1.61. The van der Waals surface area contributed by atoms with Crippen molar-refractivity contribution in [3.63, 3.8) is 0 Å². The van der Waals surface area contributed by atoms with Crippen LogP contribution in [0.1, 0.15) is 5.56 Å². The molecule has 0 bridgehead atoms. The van der Waals surface area contributed by atoms with E-state index in [2.05, 4.69) is 15.0 Å². The van der Waals surface area contributed by atoms with Crippen LogP contribution < -0.4 is 5.56 Å². The summed E-state index contributed by atoms with van der Waals surface area (Å²) < 4.78 is 0. The van der Waals surface area contributed by atoms with Crippen molar-refractivity contribution < 1.29 is 0 Å².